The number of hydrogen-bond donors (Lipinski definition) is 0. The molecule has 0 saturated carbocycles. The van der Waals surface area contributed by atoms with E-state index in [9.17, 15) is 4.79 Å². The van der Waals surface area contributed by atoms with Crippen molar-refractivity contribution in [2.75, 3.05) is 26.2 Å². The molecular formula is C21H24FN3O. The molecule has 1 aromatic carbocycles. The van der Waals surface area contributed by atoms with Gasteiger partial charge in [-0.25, -0.2) is 4.39 Å². The van der Waals surface area contributed by atoms with Crippen LogP contribution in [0, 0.1) is 5.82 Å². The van der Waals surface area contributed by atoms with Gasteiger partial charge in [0.2, 0.25) is 0 Å². The highest BCUT2D eigenvalue weighted by Crippen LogP contribution is 2.28. The van der Waals surface area contributed by atoms with Crippen molar-refractivity contribution in [1.29, 1.82) is 0 Å². The molecule has 1 atom stereocenters. The van der Waals surface area contributed by atoms with E-state index in [0.717, 1.165) is 44.6 Å². The molecule has 26 heavy (non-hydrogen) atoms. The zero-order valence-electron chi connectivity index (χ0n) is 14.9. The minimum Gasteiger partial charge on any atom is -0.334 e. The largest absolute Gasteiger partial charge is 0.334 e. The van der Waals surface area contributed by atoms with Gasteiger partial charge in [-0.05, 0) is 62.5 Å². The van der Waals surface area contributed by atoms with Crippen LogP contribution < -0.4 is 0 Å². The molecule has 2 aliphatic heterocycles. The molecule has 136 valence electrons. The molecule has 2 fully saturated rings. The van der Waals surface area contributed by atoms with Crippen LogP contribution >= 0.6 is 0 Å². The summed E-state index contributed by atoms with van der Waals surface area (Å²) in [5.41, 5.74) is 1.36. The van der Waals surface area contributed by atoms with Crippen molar-refractivity contribution in [1.82, 2.24) is 14.8 Å². The molecular weight excluding hydrogens is 329 g/mol. The molecule has 1 aromatic heterocycles. The van der Waals surface area contributed by atoms with Gasteiger partial charge in [-0.1, -0.05) is 12.1 Å². The van der Waals surface area contributed by atoms with Crippen LogP contribution in [0.3, 0.4) is 0 Å². The molecule has 5 heteroatoms. The van der Waals surface area contributed by atoms with E-state index in [1.54, 1.807) is 42.7 Å². The van der Waals surface area contributed by atoms with Gasteiger partial charge in [0, 0.05) is 37.1 Å². The number of pyridine rings is 1. The molecule has 0 spiro atoms. The van der Waals surface area contributed by atoms with E-state index in [1.807, 2.05) is 4.90 Å². The van der Waals surface area contributed by atoms with Gasteiger partial charge in [0.15, 0.2) is 0 Å². The fourth-order valence-electron chi connectivity index (χ4n) is 4.16. The quantitative estimate of drug-likeness (QED) is 0.843. The first kappa shape index (κ1) is 17.2. The summed E-state index contributed by atoms with van der Waals surface area (Å²) in [5, 5.41) is 0. The summed E-state index contributed by atoms with van der Waals surface area (Å²) in [4.78, 5) is 21.4. The van der Waals surface area contributed by atoms with Crippen LogP contribution in [0.25, 0.3) is 11.1 Å². The third kappa shape index (κ3) is 3.36. The molecule has 3 heterocycles. The summed E-state index contributed by atoms with van der Waals surface area (Å²) in [7, 11) is 0. The fraction of sp³-hybridized carbons (Fsp3) is 0.429. The predicted molar refractivity (Wildman–Crippen MR) is 99.4 cm³/mol. The maximum atomic E-state index is 15.1. The third-order valence-corrected chi connectivity index (χ3v) is 5.53. The summed E-state index contributed by atoms with van der Waals surface area (Å²) in [6.45, 7) is 3.86. The molecule has 0 bridgehead atoms. The highest BCUT2D eigenvalue weighted by atomic mass is 19.1. The van der Waals surface area contributed by atoms with Crippen LogP contribution in [0.5, 0.6) is 0 Å². The third-order valence-electron chi connectivity index (χ3n) is 5.53. The SMILES string of the molecule is O=C(c1cccc(-c2ccncc2)c1F)N1CCCC1CN1CCCC1. The molecule has 0 aliphatic carbocycles. The molecule has 1 unspecified atom stereocenters. The lowest BCUT2D eigenvalue weighted by Crippen LogP contribution is -2.42. The van der Waals surface area contributed by atoms with E-state index in [0.29, 0.717) is 5.56 Å². The lowest BCUT2D eigenvalue weighted by atomic mass is 10.0. The maximum Gasteiger partial charge on any atom is 0.257 e. The molecule has 2 aliphatic rings. The van der Waals surface area contributed by atoms with Crippen LogP contribution in [0.4, 0.5) is 4.39 Å². The van der Waals surface area contributed by atoms with Crippen LogP contribution in [-0.2, 0) is 0 Å². The average Bonchev–Trinajstić information content (AvgIpc) is 3.34. The molecule has 4 rings (SSSR count). The second-order valence-corrected chi connectivity index (χ2v) is 7.21. The molecule has 2 aromatic rings. The van der Waals surface area contributed by atoms with Gasteiger partial charge < -0.3 is 9.80 Å². The van der Waals surface area contributed by atoms with Gasteiger partial charge in [0.05, 0.1) is 5.56 Å². The fourth-order valence-corrected chi connectivity index (χ4v) is 4.16. The Hall–Kier alpha value is -2.27. The highest BCUT2D eigenvalue weighted by Gasteiger charge is 2.32. The number of hydrogen-bond acceptors (Lipinski definition) is 3. The number of carbonyl (C=O) groups excluding carboxylic acids is 1. The first-order chi connectivity index (χ1) is 12.7. The number of aromatic nitrogens is 1. The minimum absolute atomic E-state index is 0.174. The molecule has 2 saturated heterocycles. The first-order valence-corrected chi connectivity index (χ1v) is 9.46. The summed E-state index contributed by atoms with van der Waals surface area (Å²) >= 11 is 0. The van der Waals surface area contributed by atoms with Crippen LogP contribution in [0.1, 0.15) is 36.0 Å². The number of carbonyl (C=O) groups is 1. The number of amides is 1. The van der Waals surface area contributed by atoms with Gasteiger partial charge in [0.25, 0.3) is 5.91 Å². The highest BCUT2D eigenvalue weighted by molar-refractivity contribution is 5.96. The maximum absolute atomic E-state index is 15.1. The van der Waals surface area contributed by atoms with E-state index in [-0.39, 0.29) is 17.5 Å². The van der Waals surface area contributed by atoms with Crippen LogP contribution in [0.15, 0.2) is 42.7 Å². The molecule has 0 N–H and O–H groups in total. The normalized spacial score (nSPS) is 20.7. The predicted octanol–water partition coefficient (Wildman–Crippen LogP) is 3.59. The number of rotatable bonds is 4. The Bertz CT molecular complexity index is 774. The monoisotopic (exact) mass is 353 g/mol. The summed E-state index contributed by atoms with van der Waals surface area (Å²) in [6.07, 6.45) is 7.75. The van der Waals surface area contributed by atoms with Gasteiger partial charge in [-0.2, -0.15) is 0 Å². The van der Waals surface area contributed by atoms with Crippen molar-refractivity contribution in [2.24, 2.45) is 0 Å². The van der Waals surface area contributed by atoms with E-state index < -0.39 is 5.82 Å². The smallest absolute Gasteiger partial charge is 0.257 e. The van der Waals surface area contributed by atoms with Crippen molar-refractivity contribution >= 4 is 5.91 Å². The second kappa shape index (κ2) is 7.54. The molecule has 4 nitrogen and oxygen atoms in total. The Morgan fingerprint density at radius 1 is 1.08 bits per heavy atom. The average molecular weight is 353 g/mol. The van der Waals surface area contributed by atoms with Gasteiger partial charge in [-0.15, -0.1) is 0 Å². The van der Waals surface area contributed by atoms with Crippen molar-refractivity contribution in [3.63, 3.8) is 0 Å². The minimum atomic E-state index is -0.435. The standard InChI is InChI=1S/C21H24FN3O/c22-20-18(16-8-10-23-11-9-16)6-3-7-19(20)21(26)25-14-4-5-17(25)15-24-12-1-2-13-24/h3,6-11,17H,1-2,4-5,12-15H2. The van der Waals surface area contributed by atoms with Crippen molar-refractivity contribution in [2.45, 2.75) is 31.7 Å². The zero-order valence-corrected chi connectivity index (χ0v) is 14.9. The van der Waals surface area contributed by atoms with Gasteiger partial charge >= 0.3 is 0 Å². The van der Waals surface area contributed by atoms with Gasteiger partial charge in [0.1, 0.15) is 5.82 Å². The Kier molecular flexibility index (Phi) is 4.98. The second-order valence-electron chi connectivity index (χ2n) is 7.21. The Morgan fingerprint density at radius 2 is 1.85 bits per heavy atom. The van der Waals surface area contributed by atoms with E-state index >= 15 is 4.39 Å². The lowest BCUT2D eigenvalue weighted by Gasteiger charge is -2.29. The van der Waals surface area contributed by atoms with Crippen LogP contribution in [0.2, 0.25) is 0 Å². The summed E-state index contributed by atoms with van der Waals surface area (Å²) in [6, 6.07) is 8.81. The number of benzene rings is 1. The number of halogens is 1. The van der Waals surface area contributed by atoms with E-state index in [2.05, 4.69) is 9.88 Å². The number of likely N-dealkylation sites (tertiary alicyclic amines) is 2. The van der Waals surface area contributed by atoms with Crippen molar-refractivity contribution in [3.8, 4) is 11.1 Å². The van der Waals surface area contributed by atoms with Crippen molar-refractivity contribution in [3.05, 3.63) is 54.1 Å². The van der Waals surface area contributed by atoms with E-state index in [1.165, 1.54) is 12.8 Å². The summed E-state index contributed by atoms with van der Waals surface area (Å²) in [5.74, 6) is -0.615. The van der Waals surface area contributed by atoms with Gasteiger partial charge in [-0.3, -0.25) is 9.78 Å². The molecule has 0 radical (unpaired) electrons. The van der Waals surface area contributed by atoms with Crippen molar-refractivity contribution < 1.29 is 9.18 Å². The number of nitrogens with zero attached hydrogens (tertiary/aromatic N) is 3. The molecule has 1 amide bonds. The van der Waals surface area contributed by atoms with E-state index in [4.69, 9.17) is 0 Å². The Morgan fingerprint density at radius 3 is 2.62 bits per heavy atom. The first-order valence-electron chi connectivity index (χ1n) is 9.46. The topological polar surface area (TPSA) is 36.4 Å². The lowest BCUT2D eigenvalue weighted by molar-refractivity contribution is 0.0704. The Labute approximate surface area is 153 Å². The van der Waals surface area contributed by atoms with Crippen LogP contribution in [-0.4, -0.2) is 52.9 Å². The summed E-state index contributed by atoms with van der Waals surface area (Å²) < 4.78 is 15.1. The zero-order chi connectivity index (χ0) is 17.9. The Balaban J connectivity index is 1.57.